The fourth-order valence-corrected chi connectivity index (χ4v) is 1.76. The number of benzene rings is 1. The Hall–Kier alpha value is -1.95. The van der Waals surface area contributed by atoms with Crippen LogP contribution in [0.1, 0.15) is 16.1 Å². The van der Waals surface area contributed by atoms with E-state index in [4.69, 9.17) is 0 Å². The maximum atomic E-state index is 11.9. The highest BCUT2D eigenvalue weighted by molar-refractivity contribution is 9.10. The normalized spacial score (nSPS) is 10.1. The van der Waals surface area contributed by atoms with Gasteiger partial charge in [0, 0.05) is 16.4 Å². The van der Waals surface area contributed by atoms with Crippen molar-refractivity contribution in [2.45, 2.75) is 6.92 Å². The molecule has 1 aromatic carbocycles. The zero-order valence-corrected chi connectivity index (χ0v) is 11.1. The van der Waals surface area contributed by atoms with E-state index in [1.165, 1.54) is 6.20 Å². The van der Waals surface area contributed by atoms with Crippen LogP contribution in [0.5, 0.6) is 0 Å². The Morgan fingerprint density at radius 3 is 2.89 bits per heavy atom. The first kappa shape index (κ1) is 12.5. The van der Waals surface area contributed by atoms with Crippen LogP contribution in [0.2, 0.25) is 0 Å². The van der Waals surface area contributed by atoms with Gasteiger partial charge in [-0.15, -0.1) is 0 Å². The number of carbonyl (C=O) groups excluding carboxylic acids is 1. The van der Waals surface area contributed by atoms with Crippen molar-refractivity contribution in [2.75, 3.05) is 5.32 Å². The fraction of sp³-hybridized carbons (Fsp3) is 0.0833. The Kier molecular flexibility index (Phi) is 3.57. The molecule has 0 aliphatic carbocycles. The van der Waals surface area contributed by atoms with Crippen molar-refractivity contribution >= 4 is 27.5 Å². The summed E-state index contributed by atoms with van der Waals surface area (Å²) in [6, 6.07) is 5.51. The molecule has 2 rings (SSSR count). The lowest BCUT2D eigenvalue weighted by Crippen LogP contribution is -2.17. The second kappa shape index (κ2) is 5.14. The molecule has 1 amide bonds. The molecule has 5 nitrogen and oxygen atoms in total. The van der Waals surface area contributed by atoms with Gasteiger partial charge in [0.1, 0.15) is 5.69 Å². The molecule has 0 saturated carbocycles. The summed E-state index contributed by atoms with van der Waals surface area (Å²) in [7, 11) is 0. The smallest absolute Gasteiger partial charge is 0.275 e. The number of hydrogen-bond donors (Lipinski definition) is 2. The van der Waals surface area contributed by atoms with Gasteiger partial charge in [-0.3, -0.25) is 9.59 Å². The predicted molar refractivity (Wildman–Crippen MR) is 71.7 cm³/mol. The molecule has 1 heterocycles. The molecule has 0 bridgehead atoms. The van der Waals surface area contributed by atoms with Crippen molar-refractivity contribution in [2.24, 2.45) is 0 Å². The Morgan fingerprint density at radius 1 is 1.44 bits per heavy atom. The lowest BCUT2D eigenvalue weighted by molar-refractivity contribution is 0.102. The summed E-state index contributed by atoms with van der Waals surface area (Å²) in [6.07, 6.45) is 2.35. The van der Waals surface area contributed by atoms with Gasteiger partial charge in [0.2, 0.25) is 0 Å². The maximum absolute atomic E-state index is 11.9. The van der Waals surface area contributed by atoms with E-state index in [0.717, 1.165) is 16.2 Å². The van der Waals surface area contributed by atoms with Crippen molar-refractivity contribution in [3.8, 4) is 0 Å². The van der Waals surface area contributed by atoms with Crippen LogP contribution in [0.4, 0.5) is 5.69 Å². The van der Waals surface area contributed by atoms with E-state index < -0.39 is 0 Å². The van der Waals surface area contributed by atoms with Gasteiger partial charge < -0.3 is 10.3 Å². The minimum absolute atomic E-state index is 0.161. The average molecular weight is 308 g/mol. The van der Waals surface area contributed by atoms with Gasteiger partial charge in [-0.2, -0.15) is 0 Å². The molecule has 92 valence electrons. The van der Waals surface area contributed by atoms with Crippen LogP contribution in [0.3, 0.4) is 0 Å². The second-order valence-electron chi connectivity index (χ2n) is 3.66. The van der Waals surface area contributed by atoms with Crippen LogP contribution in [0.25, 0.3) is 0 Å². The van der Waals surface area contributed by atoms with Crippen LogP contribution >= 0.6 is 15.9 Å². The van der Waals surface area contributed by atoms with Crippen LogP contribution in [-0.4, -0.2) is 15.9 Å². The van der Waals surface area contributed by atoms with E-state index in [9.17, 15) is 9.59 Å². The Morgan fingerprint density at radius 2 is 2.22 bits per heavy atom. The largest absolute Gasteiger partial charge is 0.325 e. The Balaban J connectivity index is 2.24. The van der Waals surface area contributed by atoms with E-state index in [-0.39, 0.29) is 17.2 Å². The lowest BCUT2D eigenvalue weighted by Gasteiger charge is -2.08. The number of halogens is 1. The van der Waals surface area contributed by atoms with E-state index in [1.54, 1.807) is 6.07 Å². The first-order chi connectivity index (χ1) is 8.58. The number of nitrogens with zero attached hydrogens (tertiary/aromatic N) is 1. The minimum atomic E-state index is -0.368. The van der Waals surface area contributed by atoms with Crippen LogP contribution in [0, 0.1) is 6.92 Å². The minimum Gasteiger partial charge on any atom is -0.325 e. The standard InChI is InChI=1S/C12H10BrN3O2/c1-7-8(13)3-2-4-9(7)16-12(18)10-5-15-11(17)6-14-10/h2-6H,1H3,(H,15,17)(H,16,18). The first-order valence-electron chi connectivity index (χ1n) is 5.19. The summed E-state index contributed by atoms with van der Waals surface area (Å²) in [4.78, 5) is 28.9. The van der Waals surface area contributed by atoms with Gasteiger partial charge in [-0.05, 0) is 24.6 Å². The van der Waals surface area contributed by atoms with Crippen molar-refractivity contribution in [1.29, 1.82) is 0 Å². The summed E-state index contributed by atoms with van der Waals surface area (Å²) in [6.45, 7) is 1.89. The van der Waals surface area contributed by atoms with Crippen molar-refractivity contribution < 1.29 is 4.79 Å². The summed E-state index contributed by atoms with van der Waals surface area (Å²) in [5, 5.41) is 2.73. The number of hydrogen-bond acceptors (Lipinski definition) is 3. The van der Waals surface area contributed by atoms with Crippen molar-refractivity contribution in [1.82, 2.24) is 9.97 Å². The van der Waals surface area contributed by atoms with Crippen molar-refractivity contribution in [3.05, 3.63) is 56.7 Å². The second-order valence-corrected chi connectivity index (χ2v) is 4.52. The molecule has 0 aliphatic rings. The predicted octanol–water partition coefficient (Wildman–Crippen LogP) is 2.09. The molecule has 1 aromatic heterocycles. The quantitative estimate of drug-likeness (QED) is 0.892. The highest BCUT2D eigenvalue weighted by Gasteiger charge is 2.09. The van der Waals surface area contributed by atoms with Gasteiger partial charge in [0.25, 0.3) is 11.5 Å². The van der Waals surface area contributed by atoms with E-state index in [2.05, 4.69) is 31.2 Å². The average Bonchev–Trinajstić information content (AvgIpc) is 2.36. The van der Waals surface area contributed by atoms with E-state index in [0.29, 0.717) is 5.69 Å². The van der Waals surface area contributed by atoms with Crippen LogP contribution < -0.4 is 10.9 Å². The maximum Gasteiger partial charge on any atom is 0.275 e. The van der Waals surface area contributed by atoms with Crippen LogP contribution in [-0.2, 0) is 0 Å². The highest BCUT2D eigenvalue weighted by Crippen LogP contribution is 2.23. The van der Waals surface area contributed by atoms with Gasteiger partial charge in [-0.25, -0.2) is 4.98 Å². The van der Waals surface area contributed by atoms with Crippen molar-refractivity contribution in [3.63, 3.8) is 0 Å². The molecule has 0 aliphatic heterocycles. The zero-order chi connectivity index (χ0) is 13.1. The number of anilines is 1. The number of aromatic nitrogens is 2. The van der Waals surface area contributed by atoms with Gasteiger partial charge in [0.05, 0.1) is 6.20 Å². The third-order valence-electron chi connectivity index (χ3n) is 2.42. The molecule has 0 atom stereocenters. The van der Waals surface area contributed by atoms with E-state index in [1.807, 2.05) is 19.1 Å². The summed E-state index contributed by atoms with van der Waals surface area (Å²) < 4.78 is 0.912. The zero-order valence-electron chi connectivity index (χ0n) is 9.53. The molecule has 0 fully saturated rings. The Bertz CT molecular complexity index is 632. The number of aromatic amines is 1. The molecule has 0 spiro atoms. The fourth-order valence-electron chi connectivity index (χ4n) is 1.40. The molecular weight excluding hydrogens is 298 g/mol. The molecule has 18 heavy (non-hydrogen) atoms. The molecule has 0 radical (unpaired) electrons. The van der Waals surface area contributed by atoms with Gasteiger partial charge >= 0.3 is 0 Å². The van der Waals surface area contributed by atoms with Crippen LogP contribution in [0.15, 0.2) is 39.9 Å². The molecule has 6 heteroatoms. The first-order valence-corrected chi connectivity index (χ1v) is 5.98. The van der Waals surface area contributed by atoms with E-state index >= 15 is 0 Å². The topological polar surface area (TPSA) is 74.8 Å². The summed E-state index contributed by atoms with van der Waals surface area (Å²) in [5.74, 6) is -0.368. The summed E-state index contributed by atoms with van der Waals surface area (Å²) in [5.41, 5.74) is 1.44. The van der Waals surface area contributed by atoms with Gasteiger partial charge in [0.15, 0.2) is 0 Å². The number of H-pyrrole nitrogens is 1. The molecule has 0 saturated heterocycles. The SMILES string of the molecule is Cc1c(Br)cccc1NC(=O)c1c[nH]c(=O)cn1. The molecule has 2 aromatic rings. The number of rotatable bonds is 2. The number of amides is 1. The Labute approximate surface area is 111 Å². The lowest BCUT2D eigenvalue weighted by atomic mass is 10.2. The molecule has 0 unspecified atom stereocenters. The third kappa shape index (κ3) is 2.65. The van der Waals surface area contributed by atoms with Gasteiger partial charge in [-0.1, -0.05) is 22.0 Å². The summed E-state index contributed by atoms with van der Waals surface area (Å²) >= 11 is 3.39. The monoisotopic (exact) mass is 307 g/mol. The third-order valence-corrected chi connectivity index (χ3v) is 3.28. The highest BCUT2D eigenvalue weighted by atomic mass is 79.9. The molecular formula is C12H10BrN3O2. The number of nitrogens with one attached hydrogen (secondary N) is 2. The molecule has 2 N–H and O–H groups in total. The number of carbonyl (C=O) groups is 1.